The zero-order chi connectivity index (χ0) is 8.15. The van der Waals surface area contributed by atoms with Gasteiger partial charge in [-0.05, 0) is 0 Å². The SMILES string of the molecule is N#CN(S[N+](=O)[O-])C(=O)F. The van der Waals surface area contributed by atoms with Gasteiger partial charge in [0.15, 0.2) is 0 Å². The Kier molecular flexibility index (Phi) is 3.13. The molecule has 54 valence electrons. The van der Waals surface area contributed by atoms with Crippen LogP contribution in [0.4, 0.5) is 9.18 Å². The van der Waals surface area contributed by atoms with E-state index in [2.05, 4.69) is 0 Å². The highest BCUT2D eigenvalue weighted by Gasteiger charge is 2.20. The molecule has 0 fully saturated rings. The number of carbonyl (C=O) groups is 1. The molecule has 0 rings (SSSR count). The fourth-order valence-corrected chi connectivity index (χ4v) is 0.390. The number of nitriles is 1. The van der Waals surface area contributed by atoms with E-state index in [0.717, 1.165) is 6.19 Å². The summed E-state index contributed by atoms with van der Waals surface area (Å²) in [5.74, 6) is 0. The predicted octanol–water partition coefficient (Wildman–Crippen LogP) is 0.699. The first-order valence-corrected chi connectivity index (χ1v) is 2.52. The first-order valence-electron chi connectivity index (χ1n) is 1.79. The van der Waals surface area contributed by atoms with Gasteiger partial charge in [0, 0.05) is 0 Å². The molecule has 6 nitrogen and oxygen atoms in total. The van der Waals surface area contributed by atoms with Crippen LogP contribution in [0.2, 0.25) is 0 Å². The van der Waals surface area contributed by atoms with Gasteiger partial charge in [0.1, 0.15) is 4.33 Å². The summed E-state index contributed by atoms with van der Waals surface area (Å²) in [7, 11) is 0. The van der Waals surface area contributed by atoms with E-state index in [9.17, 15) is 19.3 Å². The summed E-state index contributed by atoms with van der Waals surface area (Å²) in [5.41, 5.74) is 0. The first kappa shape index (κ1) is 8.64. The summed E-state index contributed by atoms with van der Waals surface area (Å²) in [6, 6.07) is 0. The van der Waals surface area contributed by atoms with E-state index in [-0.39, 0.29) is 4.31 Å². The second-order valence-corrected chi connectivity index (χ2v) is 1.78. The Balaban J connectivity index is 4.00. The van der Waals surface area contributed by atoms with Gasteiger partial charge >= 0.3 is 18.3 Å². The van der Waals surface area contributed by atoms with Gasteiger partial charge in [-0.25, -0.2) is 14.9 Å². The molecule has 0 unspecified atom stereocenters. The van der Waals surface area contributed by atoms with E-state index < -0.39 is 22.6 Å². The van der Waals surface area contributed by atoms with E-state index in [0.29, 0.717) is 0 Å². The van der Waals surface area contributed by atoms with Crippen molar-refractivity contribution in [1.82, 2.24) is 4.31 Å². The van der Waals surface area contributed by atoms with Crippen LogP contribution in [0, 0.1) is 21.6 Å². The van der Waals surface area contributed by atoms with Gasteiger partial charge in [0.2, 0.25) is 6.19 Å². The number of nitro groups is 1. The molecule has 0 aliphatic carbocycles. The molecule has 0 heterocycles. The molecule has 10 heavy (non-hydrogen) atoms. The number of hydrogen-bond donors (Lipinski definition) is 0. The van der Waals surface area contributed by atoms with Crippen LogP contribution >= 0.6 is 12.1 Å². The van der Waals surface area contributed by atoms with Crippen molar-refractivity contribution >= 4 is 18.3 Å². The first-order chi connectivity index (χ1) is 4.57. The molecule has 1 amide bonds. The molecule has 0 N–H and O–H groups in total. The number of nitrogens with zero attached hydrogens (tertiary/aromatic N) is 3. The Hall–Kier alpha value is -1.36. The van der Waals surface area contributed by atoms with Gasteiger partial charge in [-0.3, -0.25) is 0 Å². The monoisotopic (exact) mass is 165 g/mol. The average Bonchev–Trinajstić information content (AvgIpc) is 1.81. The Bertz CT molecular complexity index is 200. The number of carbonyl (C=O) groups excluding carboxylic acids is 1. The molecule has 0 radical (unpaired) electrons. The van der Waals surface area contributed by atoms with Crippen molar-refractivity contribution in [3.8, 4) is 6.19 Å². The molecule has 0 aromatic heterocycles. The van der Waals surface area contributed by atoms with Gasteiger partial charge in [-0.15, -0.1) is 4.39 Å². The number of amides is 1. The van der Waals surface area contributed by atoms with Crippen molar-refractivity contribution in [2.75, 3.05) is 0 Å². The van der Waals surface area contributed by atoms with Crippen LogP contribution in [0.25, 0.3) is 0 Å². The van der Waals surface area contributed by atoms with E-state index in [1.807, 2.05) is 0 Å². The van der Waals surface area contributed by atoms with Gasteiger partial charge in [0.05, 0.1) is 0 Å². The Morgan fingerprint density at radius 3 is 2.50 bits per heavy atom. The lowest BCUT2D eigenvalue weighted by molar-refractivity contribution is -0.287. The molecule has 0 bridgehead atoms. The molecule has 0 aliphatic heterocycles. The molecule has 0 atom stereocenters. The van der Waals surface area contributed by atoms with Crippen LogP contribution in [0.15, 0.2) is 0 Å². The molecule has 0 aliphatic rings. The third-order valence-electron chi connectivity index (χ3n) is 0.399. The van der Waals surface area contributed by atoms with Crippen LogP contribution in [0.3, 0.4) is 0 Å². The summed E-state index contributed by atoms with van der Waals surface area (Å²) in [4.78, 5) is 19.2. The van der Waals surface area contributed by atoms with E-state index in [1.54, 1.807) is 0 Å². The van der Waals surface area contributed by atoms with E-state index in [4.69, 9.17) is 5.26 Å². The minimum Gasteiger partial charge on any atom is -0.249 e. The normalized spacial score (nSPS) is 8.00. The van der Waals surface area contributed by atoms with Crippen LogP contribution < -0.4 is 0 Å². The lowest BCUT2D eigenvalue weighted by Crippen LogP contribution is -2.14. The fourth-order valence-electron chi connectivity index (χ4n) is 0.156. The van der Waals surface area contributed by atoms with Gasteiger partial charge in [-0.2, -0.15) is 5.26 Å². The van der Waals surface area contributed by atoms with Crippen molar-refractivity contribution in [3.05, 3.63) is 10.1 Å². The zero-order valence-electron chi connectivity index (χ0n) is 4.35. The van der Waals surface area contributed by atoms with Crippen molar-refractivity contribution in [2.24, 2.45) is 0 Å². The minimum atomic E-state index is -2.16. The summed E-state index contributed by atoms with van der Waals surface area (Å²) < 4.78 is 10.1. The van der Waals surface area contributed by atoms with Crippen LogP contribution in [-0.2, 0) is 0 Å². The highest BCUT2D eigenvalue weighted by Crippen LogP contribution is 2.09. The summed E-state index contributed by atoms with van der Waals surface area (Å²) >= 11 is -0.422. The minimum absolute atomic E-state index is 0.292. The molecular weight excluding hydrogens is 165 g/mol. The lowest BCUT2D eigenvalue weighted by atomic mass is 11.1. The smallest absolute Gasteiger partial charge is 0.249 e. The van der Waals surface area contributed by atoms with Crippen molar-refractivity contribution in [1.29, 1.82) is 5.26 Å². The Morgan fingerprint density at radius 1 is 1.90 bits per heavy atom. The lowest BCUT2D eigenvalue weighted by Gasteiger charge is -1.94. The maximum absolute atomic E-state index is 11.5. The standard InChI is InChI=1S/C2FN3O3S/c3-2(7)5(1-4)10-6(8)9. The molecule has 0 saturated heterocycles. The highest BCUT2D eigenvalue weighted by molar-refractivity contribution is 7.91. The van der Waals surface area contributed by atoms with Crippen molar-refractivity contribution in [3.63, 3.8) is 0 Å². The predicted molar refractivity (Wildman–Crippen MR) is 28.5 cm³/mol. The third-order valence-corrected chi connectivity index (χ3v) is 0.921. The van der Waals surface area contributed by atoms with Crippen LogP contribution in [0.1, 0.15) is 0 Å². The molecule has 8 heteroatoms. The largest absolute Gasteiger partial charge is 0.428 e. The summed E-state index contributed by atoms with van der Waals surface area (Å²) in [6.07, 6.45) is -1.20. The third kappa shape index (κ3) is 2.83. The number of halogens is 1. The van der Waals surface area contributed by atoms with Crippen LogP contribution in [-0.4, -0.2) is 14.8 Å². The molecule has 0 spiro atoms. The average molecular weight is 165 g/mol. The van der Waals surface area contributed by atoms with Crippen LogP contribution in [0.5, 0.6) is 0 Å². The molecule has 0 aromatic rings. The fraction of sp³-hybridized carbons (Fsp3) is 0. The van der Waals surface area contributed by atoms with Gasteiger partial charge in [0.25, 0.3) is 0 Å². The number of rotatable bonds is 2. The second-order valence-electron chi connectivity index (χ2n) is 0.953. The maximum Gasteiger partial charge on any atom is 0.428 e. The summed E-state index contributed by atoms with van der Waals surface area (Å²) in [5, 5.41) is 17.4. The van der Waals surface area contributed by atoms with Gasteiger partial charge in [-0.1, -0.05) is 4.31 Å². The van der Waals surface area contributed by atoms with E-state index in [1.165, 1.54) is 0 Å². The maximum atomic E-state index is 11.5. The Morgan fingerprint density at radius 2 is 2.40 bits per heavy atom. The van der Waals surface area contributed by atoms with E-state index >= 15 is 0 Å². The highest BCUT2D eigenvalue weighted by atomic mass is 32.2. The number of hydrogen-bond acceptors (Lipinski definition) is 5. The molecule has 0 aromatic carbocycles. The second kappa shape index (κ2) is 3.62. The zero-order valence-corrected chi connectivity index (χ0v) is 5.17. The van der Waals surface area contributed by atoms with Crippen molar-refractivity contribution < 1.29 is 13.5 Å². The summed E-state index contributed by atoms with van der Waals surface area (Å²) in [6.45, 7) is 0. The van der Waals surface area contributed by atoms with Crippen molar-refractivity contribution in [2.45, 2.75) is 0 Å². The topological polar surface area (TPSA) is 87.2 Å². The van der Waals surface area contributed by atoms with Gasteiger partial charge < -0.3 is 0 Å². The molecule has 0 saturated carbocycles. The Labute approximate surface area is 58.6 Å². The quantitative estimate of drug-likeness (QED) is 0.114. The molecular formula is C2FN3O3S.